The molecule has 0 heterocycles. The minimum atomic E-state index is -0.803. The minimum Gasteiger partial charge on any atom is -0.481 e. The van der Waals surface area contributed by atoms with E-state index < -0.39 is 12.0 Å². The normalized spacial score (nSPS) is 14.1. The van der Waals surface area contributed by atoms with Crippen LogP contribution in [0.25, 0.3) is 0 Å². The Morgan fingerprint density at radius 3 is 2.53 bits per heavy atom. The first-order valence-electron chi connectivity index (χ1n) is 6.22. The number of unbranched alkanes of at least 4 members (excludes halogenated alkanes) is 1. The summed E-state index contributed by atoms with van der Waals surface area (Å²) >= 11 is 0. The zero-order chi connectivity index (χ0) is 13.3. The summed E-state index contributed by atoms with van der Waals surface area (Å²) in [5.41, 5.74) is 5.71. The molecule has 4 N–H and O–H groups in total. The average Bonchev–Trinajstić information content (AvgIpc) is 2.30. The fourth-order valence-electron chi connectivity index (χ4n) is 1.43. The van der Waals surface area contributed by atoms with Crippen LogP contribution in [0.2, 0.25) is 0 Å². The van der Waals surface area contributed by atoms with E-state index in [0.717, 1.165) is 12.8 Å². The summed E-state index contributed by atoms with van der Waals surface area (Å²) in [7, 11) is 0. The standard InChI is InChI=1S/C12H24N2O3/c1-3-4-5-10(13)12(17)14-8-9(2)6-7-11(15)16/h9-10H,3-8,13H2,1-2H3,(H,14,17)(H,15,16). The quantitative estimate of drug-likeness (QED) is 0.566. The summed E-state index contributed by atoms with van der Waals surface area (Å²) in [5.74, 6) is -0.781. The van der Waals surface area contributed by atoms with Crippen molar-refractivity contribution in [1.29, 1.82) is 0 Å². The van der Waals surface area contributed by atoms with Gasteiger partial charge >= 0.3 is 5.97 Å². The van der Waals surface area contributed by atoms with Crippen LogP contribution in [0, 0.1) is 5.92 Å². The molecule has 17 heavy (non-hydrogen) atoms. The average molecular weight is 244 g/mol. The molecule has 2 atom stereocenters. The Balaban J connectivity index is 3.71. The molecule has 0 fully saturated rings. The second-order valence-electron chi connectivity index (χ2n) is 4.53. The van der Waals surface area contributed by atoms with Crippen molar-refractivity contribution in [2.75, 3.05) is 6.54 Å². The van der Waals surface area contributed by atoms with E-state index in [0.29, 0.717) is 19.4 Å². The van der Waals surface area contributed by atoms with Crippen molar-refractivity contribution in [1.82, 2.24) is 5.32 Å². The highest BCUT2D eigenvalue weighted by molar-refractivity contribution is 5.81. The van der Waals surface area contributed by atoms with Crippen LogP contribution in [0.5, 0.6) is 0 Å². The van der Waals surface area contributed by atoms with Crippen molar-refractivity contribution in [3.05, 3.63) is 0 Å². The van der Waals surface area contributed by atoms with Crippen molar-refractivity contribution in [3.63, 3.8) is 0 Å². The van der Waals surface area contributed by atoms with Crippen LogP contribution in [0.4, 0.5) is 0 Å². The van der Waals surface area contributed by atoms with Crippen LogP contribution in [0.1, 0.15) is 46.0 Å². The molecular weight excluding hydrogens is 220 g/mol. The molecule has 0 aliphatic carbocycles. The van der Waals surface area contributed by atoms with E-state index in [1.54, 1.807) is 0 Å². The Hall–Kier alpha value is -1.10. The van der Waals surface area contributed by atoms with Crippen molar-refractivity contribution in [3.8, 4) is 0 Å². The van der Waals surface area contributed by atoms with Gasteiger partial charge in [0.1, 0.15) is 0 Å². The van der Waals surface area contributed by atoms with Crippen LogP contribution in [-0.4, -0.2) is 29.6 Å². The van der Waals surface area contributed by atoms with Gasteiger partial charge in [-0.1, -0.05) is 26.7 Å². The Bertz CT molecular complexity index is 244. The van der Waals surface area contributed by atoms with Crippen LogP contribution >= 0.6 is 0 Å². The van der Waals surface area contributed by atoms with Crippen molar-refractivity contribution in [2.45, 2.75) is 52.0 Å². The van der Waals surface area contributed by atoms with Crippen LogP contribution in [0.15, 0.2) is 0 Å². The van der Waals surface area contributed by atoms with Crippen molar-refractivity contribution < 1.29 is 14.7 Å². The molecule has 0 spiro atoms. The zero-order valence-electron chi connectivity index (χ0n) is 10.7. The third kappa shape index (κ3) is 8.68. The Labute approximate surface area is 103 Å². The second kappa shape index (κ2) is 8.98. The van der Waals surface area contributed by atoms with E-state index in [2.05, 4.69) is 12.2 Å². The van der Waals surface area contributed by atoms with Gasteiger partial charge in [-0.3, -0.25) is 9.59 Å². The monoisotopic (exact) mass is 244 g/mol. The first-order chi connectivity index (χ1) is 7.97. The zero-order valence-corrected chi connectivity index (χ0v) is 10.7. The fourth-order valence-corrected chi connectivity index (χ4v) is 1.43. The van der Waals surface area contributed by atoms with Gasteiger partial charge in [0.05, 0.1) is 6.04 Å². The minimum absolute atomic E-state index is 0.138. The highest BCUT2D eigenvalue weighted by atomic mass is 16.4. The molecule has 1 amide bonds. The molecular formula is C12H24N2O3. The Morgan fingerprint density at radius 2 is 2.00 bits per heavy atom. The SMILES string of the molecule is CCCCC(N)C(=O)NCC(C)CCC(=O)O. The van der Waals surface area contributed by atoms with Crippen LogP contribution in [-0.2, 0) is 9.59 Å². The number of aliphatic carboxylic acids is 1. The van der Waals surface area contributed by atoms with E-state index in [9.17, 15) is 9.59 Å². The van der Waals surface area contributed by atoms with Gasteiger partial charge in [0.25, 0.3) is 0 Å². The number of carboxylic acid groups (broad SMARTS) is 1. The largest absolute Gasteiger partial charge is 0.481 e. The van der Waals surface area contributed by atoms with Gasteiger partial charge in [0.2, 0.25) is 5.91 Å². The van der Waals surface area contributed by atoms with E-state index in [1.807, 2.05) is 6.92 Å². The number of hydrogen-bond acceptors (Lipinski definition) is 3. The highest BCUT2D eigenvalue weighted by Crippen LogP contribution is 2.04. The van der Waals surface area contributed by atoms with Crippen LogP contribution in [0.3, 0.4) is 0 Å². The van der Waals surface area contributed by atoms with Gasteiger partial charge < -0.3 is 16.2 Å². The first kappa shape index (κ1) is 15.9. The lowest BCUT2D eigenvalue weighted by atomic mass is 10.1. The lowest BCUT2D eigenvalue weighted by Gasteiger charge is -2.15. The maximum absolute atomic E-state index is 11.5. The number of rotatable bonds is 9. The van der Waals surface area contributed by atoms with Crippen LogP contribution < -0.4 is 11.1 Å². The number of hydrogen-bond donors (Lipinski definition) is 3. The molecule has 0 radical (unpaired) electrons. The summed E-state index contributed by atoms with van der Waals surface area (Å²) in [6, 6.07) is -0.443. The molecule has 0 saturated carbocycles. The van der Waals surface area contributed by atoms with Gasteiger partial charge in [-0.2, -0.15) is 0 Å². The number of carbonyl (C=O) groups is 2. The molecule has 0 bridgehead atoms. The molecule has 5 heteroatoms. The lowest BCUT2D eigenvalue weighted by Crippen LogP contribution is -2.42. The van der Waals surface area contributed by atoms with Gasteiger partial charge in [-0.25, -0.2) is 0 Å². The number of nitrogens with two attached hydrogens (primary N) is 1. The predicted octanol–water partition coefficient (Wildman–Crippen LogP) is 1.12. The van der Waals surface area contributed by atoms with E-state index in [4.69, 9.17) is 10.8 Å². The second-order valence-corrected chi connectivity index (χ2v) is 4.53. The van der Waals surface area contributed by atoms with E-state index in [1.165, 1.54) is 0 Å². The van der Waals surface area contributed by atoms with Gasteiger partial charge in [0, 0.05) is 13.0 Å². The molecule has 0 aromatic heterocycles. The third-order valence-electron chi connectivity index (χ3n) is 2.68. The predicted molar refractivity (Wildman–Crippen MR) is 66.5 cm³/mol. The lowest BCUT2D eigenvalue weighted by molar-refractivity contribution is -0.137. The molecule has 2 unspecified atom stereocenters. The maximum Gasteiger partial charge on any atom is 0.303 e. The third-order valence-corrected chi connectivity index (χ3v) is 2.68. The molecule has 0 rings (SSSR count). The van der Waals surface area contributed by atoms with E-state index >= 15 is 0 Å². The summed E-state index contributed by atoms with van der Waals surface area (Å²) in [6.07, 6.45) is 3.38. The van der Waals surface area contributed by atoms with E-state index in [-0.39, 0.29) is 18.2 Å². The smallest absolute Gasteiger partial charge is 0.303 e. The summed E-state index contributed by atoms with van der Waals surface area (Å²) in [6.45, 7) is 4.46. The Morgan fingerprint density at radius 1 is 1.35 bits per heavy atom. The van der Waals surface area contributed by atoms with Gasteiger partial charge in [0.15, 0.2) is 0 Å². The topological polar surface area (TPSA) is 92.4 Å². The molecule has 0 aromatic carbocycles. The molecule has 0 aliphatic rings. The van der Waals surface area contributed by atoms with Crippen molar-refractivity contribution >= 4 is 11.9 Å². The number of carbonyl (C=O) groups excluding carboxylic acids is 1. The summed E-state index contributed by atoms with van der Waals surface area (Å²) in [5, 5.41) is 11.3. The van der Waals surface area contributed by atoms with Gasteiger partial charge in [-0.15, -0.1) is 0 Å². The fraction of sp³-hybridized carbons (Fsp3) is 0.833. The first-order valence-corrected chi connectivity index (χ1v) is 6.22. The Kier molecular flexibility index (Phi) is 8.40. The number of amides is 1. The van der Waals surface area contributed by atoms with Crippen molar-refractivity contribution in [2.24, 2.45) is 11.7 Å². The maximum atomic E-state index is 11.5. The summed E-state index contributed by atoms with van der Waals surface area (Å²) in [4.78, 5) is 21.9. The summed E-state index contributed by atoms with van der Waals surface area (Å²) < 4.78 is 0. The molecule has 100 valence electrons. The molecule has 5 nitrogen and oxygen atoms in total. The van der Waals surface area contributed by atoms with Gasteiger partial charge in [-0.05, 0) is 18.8 Å². The number of carboxylic acids is 1. The highest BCUT2D eigenvalue weighted by Gasteiger charge is 2.13. The molecule has 0 aromatic rings. The molecule has 0 aliphatic heterocycles. The number of nitrogens with one attached hydrogen (secondary N) is 1. The molecule has 0 saturated heterocycles.